The largest absolute Gasteiger partial charge is 0.508 e. The molecule has 2 aromatic rings. The summed E-state index contributed by atoms with van der Waals surface area (Å²) in [6, 6.07) is 9.40. The first kappa shape index (κ1) is 14.4. The first-order chi connectivity index (χ1) is 9.62. The molecule has 106 valence electrons. The van der Waals surface area contributed by atoms with Crippen molar-refractivity contribution in [1.29, 1.82) is 0 Å². The molecule has 20 heavy (non-hydrogen) atoms. The second kappa shape index (κ2) is 6.00. The third kappa shape index (κ3) is 2.51. The molecule has 0 aliphatic rings. The standard InChI is InChI=1S/C18H22O2/c1-4-12-7-8-14(11-13(12)5-2)18-15(6-3)16(19)9-10-17(18)20/h7-11,19-20H,4-6H2,1-3H3. The SMILES string of the molecule is CCc1ccc(-c2c(O)ccc(O)c2CC)cc1CC. The average molecular weight is 270 g/mol. The molecule has 0 unspecified atom stereocenters. The normalized spacial score (nSPS) is 10.8. The highest BCUT2D eigenvalue weighted by atomic mass is 16.3. The first-order valence-corrected chi connectivity index (χ1v) is 7.28. The minimum Gasteiger partial charge on any atom is -0.508 e. The first-order valence-electron chi connectivity index (χ1n) is 7.28. The highest BCUT2D eigenvalue weighted by Crippen LogP contribution is 2.38. The molecule has 0 heterocycles. The summed E-state index contributed by atoms with van der Waals surface area (Å²) in [6.45, 7) is 6.28. The van der Waals surface area contributed by atoms with Gasteiger partial charge in [-0.1, -0.05) is 39.0 Å². The summed E-state index contributed by atoms with van der Waals surface area (Å²) in [6.07, 6.45) is 2.67. The van der Waals surface area contributed by atoms with Crippen molar-refractivity contribution < 1.29 is 10.2 Å². The van der Waals surface area contributed by atoms with Crippen molar-refractivity contribution in [1.82, 2.24) is 0 Å². The highest BCUT2D eigenvalue weighted by Gasteiger charge is 2.14. The van der Waals surface area contributed by atoms with Gasteiger partial charge in [0.2, 0.25) is 0 Å². The molecule has 0 fully saturated rings. The van der Waals surface area contributed by atoms with E-state index in [0.29, 0.717) is 6.42 Å². The molecule has 2 nitrogen and oxygen atoms in total. The van der Waals surface area contributed by atoms with Crippen molar-refractivity contribution in [2.24, 2.45) is 0 Å². The lowest BCUT2D eigenvalue weighted by molar-refractivity contribution is 0.456. The van der Waals surface area contributed by atoms with Crippen molar-refractivity contribution in [3.8, 4) is 22.6 Å². The van der Waals surface area contributed by atoms with Crippen molar-refractivity contribution >= 4 is 0 Å². The lowest BCUT2D eigenvalue weighted by Gasteiger charge is -2.15. The maximum atomic E-state index is 10.2. The quantitative estimate of drug-likeness (QED) is 0.806. The van der Waals surface area contributed by atoms with E-state index in [0.717, 1.165) is 29.5 Å². The number of benzene rings is 2. The molecule has 0 aliphatic heterocycles. The van der Waals surface area contributed by atoms with Gasteiger partial charge in [0.25, 0.3) is 0 Å². The Kier molecular flexibility index (Phi) is 4.33. The second-order valence-electron chi connectivity index (χ2n) is 5.00. The highest BCUT2D eigenvalue weighted by molar-refractivity contribution is 5.76. The van der Waals surface area contributed by atoms with E-state index < -0.39 is 0 Å². The Labute approximate surface area is 120 Å². The number of aromatic hydroxyl groups is 2. The summed E-state index contributed by atoms with van der Waals surface area (Å²) < 4.78 is 0. The van der Waals surface area contributed by atoms with E-state index in [-0.39, 0.29) is 11.5 Å². The molecular weight excluding hydrogens is 248 g/mol. The second-order valence-corrected chi connectivity index (χ2v) is 5.00. The molecule has 0 bridgehead atoms. The van der Waals surface area contributed by atoms with Crippen LogP contribution in [-0.2, 0) is 19.3 Å². The van der Waals surface area contributed by atoms with Crippen LogP contribution in [0.15, 0.2) is 30.3 Å². The molecule has 2 aromatic carbocycles. The molecule has 0 aromatic heterocycles. The zero-order chi connectivity index (χ0) is 14.7. The maximum Gasteiger partial charge on any atom is 0.123 e. The van der Waals surface area contributed by atoms with Gasteiger partial charge in [0.15, 0.2) is 0 Å². The Morgan fingerprint density at radius 3 is 2.00 bits per heavy atom. The van der Waals surface area contributed by atoms with Gasteiger partial charge in [0.05, 0.1) is 0 Å². The summed E-state index contributed by atoms with van der Waals surface area (Å²) in [5, 5.41) is 20.2. The Balaban J connectivity index is 2.65. The molecule has 2 N–H and O–H groups in total. The zero-order valence-corrected chi connectivity index (χ0v) is 12.4. The monoisotopic (exact) mass is 270 g/mol. The summed E-state index contributed by atoms with van der Waals surface area (Å²) in [7, 11) is 0. The fraction of sp³-hybridized carbons (Fsp3) is 0.333. The van der Waals surface area contributed by atoms with Gasteiger partial charge in [-0.3, -0.25) is 0 Å². The van der Waals surface area contributed by atoms with Crippen molar-refractivity contribution in [2.45, 2.75) is 40.0 Å². The van der Waals surface area contributed by atoms with Crippen LogP contribution in [0.25, 0.3) is 11.1 Å². The zero-order valence-electron chi connectivity index (χ0n) is 12.4. The van der Waals surface area contributed by atoms with Crippen LogP contribution in [0.4, 0.5) is 0 Å². The third-order valence-corrected chi connectivity index (χ3v) is 3.88. The van der Waals surface area contributed by atoms with Crippen LogP contribution in [0.5, 0.6) is 11.5 Å². The van der Waals surface area contributed by atoms with Crippen molar-refractivity contribution in [3.63, 3.8) is 0 Å². The molecule has 0 saturated heterocycles. The number of phenolic OH excluding ortho intramolecular Hbond substituents is 2. The number of phenols is 2. The van der Waals surface area contributed by atoms with Crippen LogP contribution in [0.2, 0.25) is 0 Å². The van der Waals surface area contributed by atoms with Crippen LogP contribution >= 0.6 is 0 Å². The molecular formula is C18H22O2. The predicted octanol–water partition coefficient (Wildman–Crippen LogP) is 4.45. The molecule has 0 radical (unpaired) electrons. The summed E-state index contributed by atoms with van der Waals surface area (Å²) in [5.41, 5.74) is 5.18. The van der Waals surface area contributed by atoms with Crippen LogP contribution in [0.3, 0.4) is 0 Å². The molecule has 2 rings (SSSR count). The van der Waals surface area contributed by atoms with Crippen LogP contribution in [0.1, 0.15) is 37.5 Å². The van der Waals surface area contributed by atoms with Gasteiger partial charge in [0.1, 0.15) is 11.5 Å². The molecule has 0 amide bonds. The minimum absolute atomic E-state index is 0.228. The van der Waals surface area contributed by atoms with Crippen molar-refractivity contribution in [3.05, 3.63) is 47.0 Å². The van der Waals surface area contributed by atoms with Gasteiger partial charge in [-0.2, -0.15) is 0 Å². The van der Waals surface area contributed by atoms with E-state index in [1.54, 1.807) is 12.1 Å². The van der Waals surface area contributed by atoms with E-state index in [1.165, 1.54) is 11.1 Å². The Morgan fingerprint density at radius 2 is 1.40 bits per heavy atom. The topological polar surface area (TPSA) is 40.5 Å². The van der Waals surface area contributed by atoms with E-state index in [1.807, 2.05) is 13.0 Å². The average Bonchev–Trinajstić information content (AvgIpc) is 2.48. The van der Waals surface area contributed by atoms with E-state index in [2.05, 4.69) is 26.0 Å². The molecule has 0 spiro atoms. The number of hydrogen-bond acceptors (Lipinski definition) is 2. The number of aryl methyl sites for hydroxylation is 2. The smallest absolute Gasteiger partial charge is 0.123 e. The molecule has 0 atom stereocenters. The van der Waals surface area contributed by atoms with E-state index in [4.69, 9.17) is 0 Å². The van der Waals surface area contributed by atoms with Gasteiger partial charge in [-0.15, -0.1) is 0 Å². The van der Waals surface area contributed by atoms with Crippen LogP contribution in [-0.4, -0.2) is 10.2 Å². The van der Waals surface area contributed by atoms with Gasteiger partial charge in [-0.25, -0.2) is 0 Å². The van der Waals surface area contributed by atoms with Crippen molar-refractivity contribution in [2.75, 3.05) is 0 Å². The van der Waals surface area contributed by atoms with Crippen LogP contribution in [0, 0.1) is 0 Å². The molecule has 0 saturated carbocycles. The van der Waals surface area contributed by atoms with Gasteiger partial charge >= 0.3 is 0 Å². The fourth-order valence-electron chi connectivity index (χ4n) is 2.76. The fourth-order valence-corrected chi connectivity index (χ4v) is 2.76. The molecule has 2 heteroatoms. The predicted molar refractivity (Wildman–Crippen MR) is 83.3 cm³/mol. The summed E-state index contributed by atoms with van der Waals surface area (Å²) in [4.78, 5) is 0. The minimum atomic E-state index is 0.228. The Hall–Kier alpha value is -1.96. The van der Waals surface area contributed by atoms with Gasteiger partial charge in [-0.05, 0) is 48.1 Å². The van der Waals surface area contributed by atoms with E-state index in [9.17, 15) is 10.2 Å². The Bertz CT molecular complexity index is 615. The number of hydrogen-bond donors (Lipinski definition) is 2. The van der Waals surface area contributed by atoms with Crippen LogP contribution < -0.4 is 0 Å². The van der Waals surface area contributed by atoms with Gasteiger partial charge < -0.3 is 10.2 Å². The Morgan fingerprint density at radius 1 is 0.750 bits per heavy atom. The number of rotatable bonds is 4. The molecule has 0 aliphatic carbocycles. The lowest BCUT2D eigenvalue weighted by Crippen LogP contribution is -1.94. The summed E-state index contributed by atoms with van der Waals surface area (Å²) >= 11 is 0. The summed E-state index contributed by atoms with van der Waals surface area (Å²) in [5.74, 6) is 0.476. The third-order valence-electron chi connectivity index (χ3n) is 3.88. The lowest BCUT2D eigenvalue weighted by atomic mass is 9.92. The van der Waals surface area contributed by atoms with Gasteiger partial charge in [0, 0.05) is 11.1 Å². The maximum absolute atomic E-state index is 10.2. The van der Waals surface area contributed by atoms with E-state index >= 15 is 0 Å².